The van der Waals surface area contributed by atoms with Crippen molar-refractivity contribution in [2.24, 2.45) is 10.8 Å². The lowest BCUT2D eigenvalue weighted by atomic mass is 9.63. The summed E-state index contributed by atoms with van der Waals surface area (Å²) >= 11 is 0. The number of carbonyl (C=O) groups is 2. The summed E-state index contributed by atoms with van der Waals surface area (Å²) in [5.41, 5.74) is 3.82. The van der Waals surface area contributed by atoms with Crippen LogP contribution < -0.4 is 0 Å². The number of phenols is 1. The fourth-order valence-corrected chi connectivity index (χ4v) is 5.73. The molecule has 5 nitrogen and oxygen atoms in total. The molecule has 0 saturated heterocycles. The molecule has 32 heavy (non-hydrogen) atoms. The van der Waals surface area contributed by atoms with Crippen molar-refractivity contribution in [2.75, 3.05) is 20.3 Å². The molecule has 1 aromatic rings. The number of aromatic hydroxyl groups is 1. The third kappa shape index (κ3) is 4.03. The lowest BCUT2D eigenvalue weighted by molar-refractivity contribution is -0.119. The molecule has 0 radical (unpaired) electrons. The molecule has 4 rings (SSSR count). The molecule has 0 spiro atoms. The second-order valence-corrected chi connectivity index (χ2v) is 11.1. The molecular weight excluding hydrogens is 402 g/mol. The van der Waals surface area contributed by atoms with Crippen LogP contribution in [0.2, 0.25) is 0 Å². The molecule has 1 aliphatic heterocycles. The fraction of sp³-hybridized carbons (Fsp3) is 0.556. The molecule has 0 amide bonds. The van der Waals surface area contributed by atoms with Crippen molar-refractivity contribution < 1.29 is 19.4 Å². The highest BCUT2D eigenvalue weighted by Crippen LogP contribution is 2.55. The van der Waals surface area contributed by atoms with Crippen molar-refractivity contribution in [3.05, 3.63) is 52.4 Å². The number of nitrogens with zero attached hydrogens (tertiary/aromatic N) is 1. The van der Waals surface area contributed by atoms with E-state index in [4.69, 9.17) is 4.74 Å². The Kier molecular flexibility index (Phi) is 5.83. The van der Waals surface area contributed by atoms with Gasteiger partial charge in [-0.05, 0) is 36.2 Å². The van der Waals surface area contributed by atoms with Crippen LogP contribution in [-0.4, -0.2) is 41.8 Å². The molecule has 5 heteroatoms. The van der Waals surface area contributed by atoms with Gasteiger partial charge in [-0.25, -0.2) is 0 Å². The number of hydrogen-bond acceptors (Lipinski definition) is 5. The van der Waals surface area contributed by atoms with E-state index in [0.29, 0.717) is 42.7 Å². The van der Waals surface area contributed by atoms with Crippen LogP contribution in [0.25, 0.3) is 0 Å². The van der Waals surface area contributed by atoms with Crippen molar-refractivity contribution in [1.82, 2.24) is 4.90 Å². The molecule has 1 heterocycles. The summed E-state index contributed by atoms with van der Waals surface area (Å²) in [6.45, 7) is 9.88. The van der Waals surface area contributed by atoms with Gasteiger partial charge in [0.15, 0.2) is 11.6 Å². The van der Waals surface area contributed by atoms with E-state index in [2.05, 4.69) is 32.6 Å². The van der Waals surface area contributed by atoms with Crippen LogP contribution in [0.15, 0.2) is 46.8 Å². The number of methoxy groups -OCH3 is 1. The molecule has 1 aromatic carbocycles. The number of hydrogen-bond donors (Lipinski definition) is 1. The van der Waals surface area contributed by atoms with Crippen molar-refractivity contribution >= 4 is 11.6 Å². The lowest BCUT2D eigenvalue weighted by Crippen LogP contribution is -2.44. The van der Waals surface area contributed by atoms with Gasteiger partial charge in [-0.2, -0.15) is 0 Å². The maximum Gasteiger partial charge on any atom is 0.162 e. The van der Waals surface area contributed by atoms with E-state index in [1.807, 2.05) is 12.1 Å². The summed E-state index contributed by atoms with van der Waals surface area (Å²) in [6.07, 6.45) is 3.26. The first-order chi connectivity index (χ1) is 15.0. The average Bonchev–Trinajstić information content (AvgIpc) is 2.67. The summed E-state index contributed by atoms with van der Waals surface area (Å²) < 4.78 is 5.31. The van der Waals surface area contributed by atoms with Crippen LogP contribution in [0, 0.1) is 10.8 Å². The van der Waals surface area contributed by atoms with Gasteiger partial charge < -0.3 is 14.7 Å². The molecule has 0 aromatic heterocycles. The van der Waals surface area contributed by atoms with Gasteiger partial charge in [0.1, 0.15) is 5.75 Å². The maximum absolute atomic E-state index is 13.6. The summed E-state index contributed by atoms with van der Waals surface area (Å²) in [5.74, 6) is -0.178. The molecule has 0 atom stereocenters. The topological polar surface area (TPSA) is 66.8 Å². The zero-order valence-corrected chi connectivity index (χ0v) is 20.0. The predicted molar refractivity (Wildman–Crippen MR) is 124 cm³/mol. The normalized spacial score (nSPS) is 22.8. The van der Waals surface area contributed by atoms with Crippen molar-refractivity contribution in [1.29, 1.82) is 0 Å². The minimum Gasteiger partial charge on any atom is -0.508 e. The van der Waals surface area contributed by atoms with Gasteiger partial charge in [-0.3, -0.25) is 9.59 Å². The van der Waals surface area contributed by atoms with E-state index in [0.717, 1.165) is 30.7 Å². The number of ketones is 2. The quantitative estimate of drug-likeness (QED) is 0.648. The molecular formula is C27H35NO4. The Labute approximate surface area is 191 Å². The van der Waals surface area contributed by atoms with Crippen LogP contribution in [-0.2, 0) is 14.3 Å². The van der Waals surface area contributed by atoms with Crippen molar-refractivity contribution in [3.63, 3.8) is 0 Å². The Balaban J connectivity index is 1.96. The minimum absolute atomic E-state index is 0.0884. The van der Waals surface area contributed by atoms with E-state index in [1.165, 1.54) is 0 Å². The third-order valence-corrected chi connectivity index (χ3v) is 7.00. The first-order valence-electron chi connectivity index (χ1n) is 11.6. The number of ether oxygens (including phenoxy) is 1. The molecule has 0 bridgehead atoms. The smallest absolute Gasteiger partial charge is 0.162 e. The van der Waals surface area contributed by atoms with E-state index in [-0.39, 0.29) is 28.1 Å². The minimum atomic E-state index is -0.493. The average molecular weight is 438 g/mol. The molecule has 0 saturated carbocycles. The first kappa shape index (κ1) is 22.8. The number of para-hydroxylation sites is 1. The lowest BCUT2D eigenvalue weighted by Gasteiger charge is -2.49. The summed E-state index contributed by atoms with van der Waals surface area (Å²) in [4.78, 5) is 29.5. The van der Waals surface area contributed by atoms with Crippen LogP contribution in [0.4, 0.5) is 0 Å². The highest BCUT2D eigenvalue weighted by molar-refractivity contribution is 6.07. The molecule has 172 valence electrons. The van der Waals surface area contributed by atoms with Crippen molar-refractivity contribution in [2.45, 2.75) is 65.7 Å². The monoisotopic (exact) mass is 437 g/mol. The number of Topliss-reactive ketones (excluding diaryl/α,β-unsaturated/α-hetero) is 2. The molecule has 1 N–H and O–H groups in total. The predicted octanol–water partition coefficient (Wildman–Crippen LogP) is 5.11. The van der Waals surface area contributed by atoms with Crippen LogP contribution in [0.3, 0.4) is 0 Å². The summed E-state index contributed by atoms with van der Waals surface area (Å²) in [6, 6.07) is 7.15. The van der Waals surface area contributed by atoms with E-state index < -0.39 is 5.92 Å². The standard InChI is InChI=1S/C27H35NO4/c1-26(2)13-18-24(21(30)15-26)23(17-9-6-7-10-20(17)29)25-19(28(18)11-8-12-32-5)14-27(3,4)16-22(25)31/h6-7,9-10,23,29H,8,11-16H2,1-5H3. The van der Waals surface area contributed by atoms with Gasteiger partial charge in [0.05, 0.1) is 0 Å². The number of phenolic OH excluding ortho intramolecular Hbond substituents is 1. The highest BCUT2D eigenvalue weighted by Gasteiger charge is 2.49. The zero-order chi connectivity index (χ0) is 23.3. The summed E-state index contributed by atoms with van der Waals surface area (Å²) in [5, 5.41) is 10.8. The number of rotatable bonds is 5. The van der Waals surface area contributed by atoms with E-state index >= 15 is 0 Å². The molecule has 0 fully saturated rings. The molecule has 3 aliphatic rings. The van der Waals surface area contributed by atoms with Gasteiger partial charge in [-0.15, -0.1) is 0 Å². The SMILES string of the molecule is COCCCN1C2=C(C(=O)CC(C)(C)C2)C(c2ccccc2O)C2=C1CC(C)(C)CC2=O. The zero-order valence-electron chi connectivity index (χ0n) is 20.0. The Morgan fingerprint density at radius 1 is 0.938 bits per heavy atom. The van der Waals surface area contributed by atoms with Gasteiger partial charge >= 0.3 is 0 Å². The molecule has 0 unspecified atom stereocenters. The maximum atomic E-state index is 13.6. The second kappa shape index (κ2) is 8.18. The summed E-state index contributed by atoms with van der Waals surface area (Å²) in [7, 11) is 1.69. The first-order valence-corrected chi connectivity index (χ1v) is 11.6. The third-order valence-electron chi connectivity index (χ3n) is 7.00. The Hall–Kier alpha value is -2.40. The largest absolute Gasteiger partial charge is 0.508 e. The molecule has 2 aliphatic carbocycles. The highest BCUT2D eigenvalue weighted by atomic mass is 16.5. The van der Waals surface area contributed by atoms with Crippen LogP contribution >= 0.6 is 0 Å². The van der Waals surface area contributed by atoms with Crippen molar-refractivity contribution in [3.8, 4) is 5.75 Å². The number of carbonyl (C=O) groups excluding carboxylic acids is 2. The van der Waals surface area contributed by atoms with Gasteiger partial charge in [0.2, 0.25) is 0 Å². The number of benzene rings is 1. The Morgan fingerprint density at radius 2 is 1.47 bits per heavy atom. The van der Waals surface area contributed by atoms with Crippen LogP contribution in [0.1, 0.15) is 71.3 Å². The Bertz CT molecular complexity index is 960. The van der Waals surface area contributed by atoms with Gasteiger partial charge in [-0.1, -0.05) is 45.9 Å². The van der Waals surface area contributed by atoms with Crippen LogP contribution in [0.5, 0.6) is 5.75 Å². The van der Waals surface area contributed by atoms with E-state index in [1.54, 1.807) is 19.2 Å². The second-order valence-electron chi connectivity index (χ2n) is 11.1. The Morgan fingerprint density at radius 3 is 1.97 bits per heavy atom. The van der Waals surface area contributed by atoms with E-state index in [9.17, 15) is 14.7 Å². The fourth-order valence-electron chi connectivity index (χ4n) is 5.73. The van der Waals surface area contributed by atoms with Gasteiger partial charge in [0, 0.05) is 67.1 Å². The van der Waals surface area contributed by atoms with Gasteiger partial charge in [0.25, 0.3) is 0 Å². The number of allylic oxidation sites excluding steroid dienone is 4.